The number of carboxylic acids is 1. The molecule has 20 heavy (non-hydrogen) atoms. The van der Waals surface area contributed by atoms with Crippen LogP contribution in [0.2, 0.25) is 5.02 Å². The summed E-state index contributed by atoms with van der Waals surface area (Å²) >= 11 is 5.82. The minimum atomic E-state index is -4.39. The zero-order valence-corrected chi connectivity index (χ0v) is 10.7. The summed E-state index contributed by atoms with van der Waals surface area (Å²) in [5, 5.41) is 8.88. The Kier molecular flexibility index (Phi) is 3.72. The zero-order chi connectivity index (χ0) is 14.9. The molecule has 0 saturated heterocycles. The smallest absolute Gasteiger partial charge is 0.416 e. The monoisotopic (exact) mass is 300 g/mol. The lowest BCUT2D eigenvalue weighted by Gasteiger charge is -2.08. The van der Waals surface area contributed by atoms with Crippen LogP contribution in [0.15, 0.2) is 42.5 Å². The average molecular weight is 301 g/mol. The first-order valence-electron chi connectivity index (χ1n) is 5.49. The molecule has 2 rings (SSSR count). The van der Waals surface area contributed by atoms with Crippen LogP contribution in [0.1, 0.15) is 15.9 Å². The number of carboxylic acid groups (broad SMARTS) is 1. The first kappa shape index (κ1) is 14.4. The quantitative estimate of drug-likeness (QED) is 0.871. The topological polar surface area (TPSA) is 37.3 Å². The summed E-state index contributed by atoms with van der Waals surface area (Å²) < 4.78 is 37.3. The molecule has 0 heterocycles. The molecule has 0 radical (unpaired) electrons. The molecule has 0 spiro atoms. The molecule has 2 aromatic carbocycles. The van der Waals surface area contributed by atoms with E-state index < -0.39 is 17.7 Å². The van der Waals surface area contributed by atoms with E-state index in [2.05, 4.69) is 0 Å². The minimum absolute atomic E-state index is 0.0369. The Bertz CT molecular complexity index is 648. The number of aromatic carboxylic acids is 1. The van der Waals surface area contributed by atoms with Crippen LogP contribution in [0.4, 0.5) is 13.2 Å². The van der Waals surface area contributed by atoms with Crippen molar-refractivity contribution in [1.82, 2.24) is 0 Å². The lowest BCUT2D eigenvalue weighted by atomic mass is 10.0. The van der Waals surface area contributed by atoms with Crippen LogP contribution in [0.5, 0.6) is 0 Å². The highest BCUT2D eigenvalue weighted by Crippen LogP contribution is 2.32. The first-order chi connectivity index (χ1) is 9.29. The van der Waals surface area contributed by atoms with Crippen LogP contribution in [0.25, 0.3) is 11.1 Å². The molecule has 2 aromatic rings. The minimum Gasteiger partial charge on any atom is -0.478 e. The Morgan fingerprint density at radius 1 is 1.00 bits per heavy atom. The van der Waals surface area contributed by atoms with E-state index in [1.54, 1.807) is 0 Å². The first-order valence-corrected chi connectivity index (χ1v) is 5.87. The maximum Gasteiger partial charge on any atom is 0.416 e. The maximum absolute atomic E-state index is 12.4. The standard InChI is InChI=1S/C14H8ClF3O2/c15-12-7-9(3-6-11(12)13(19)20)8-1-4-10(5-2-8)14(16,17)18/h1-7H,(H,19,20). The highest BCUT2D eigenvalue weighted by molar-refractivity contribution is 6.33. The number of benzene rings is 2. The molecule has 2 nitrogen and oxygen atoms in total. The predicted octanol–water partition coefficient (Wildman–Crippen LogP) is 4.72. The van der Waals surface area contributed by atoms with Crippen molar-refractivity contribution in [2.45, 2.75) is 6.18 Å². The largest absolute Gasteiger partial charge is 0.478 e. The van der Waals surface area contributed by atoms with Gasteiger partial charge in [0, 0.05) is 0 Å². The van der Waals surface area contributed by atoms with Crippen molar-refractivity contribution < 1.29 is 23.1 Å². The van der Waals surface area contributed by atoms with Gasteiger partial charge in [0.2, 0.25) is 0 Å². The van der Waals surface area contributed by atoms with Crippen LogP contribution in [-0.4, -0.2) is 11.1 Å². The number of halogens is 4. The van der Waals surface area contributed by atoms with Gasteiger partial charge in [-0.25, -0.2) is 4.79 Å². The summed E-state index contributed by atoms with van der Waals surface area (Å²) in [6.07, 6.45) is -4.39. The highest BCUT2D eigenvalue weighted by Gasteiger charge is 2.29. The van der Waals surface area contributed by atoms with Gasteiger partial charge in [0.05, 0.1) is 16.1 Å². The van der Waals surface area contributed by atoms with E-state index in [0.29, 0.717) is 11.1 Å². The van der Waals surface area contributed by atoms with Gasteiger partial charge in [-0.3, -0.25) is 0 Å². The third kappa shape index (κ3) is 2.93. The van der Waals surface area contributed by atoms with E-state index in [-0.39, 0.29) is 10.6 Å². The summed E-state index contributed by atoms with van der Waals surface area (Å²) in [6, 6.07) is 8.79. The van der Waals surface area contributed by atoms with Crippen molar-refractivity contribution in [3.05, 3.63) is 58.6 Å². The summed E-state index contributed by atoms with van der Waals surface area (Å²) in [6.45, 7) is 0. The van der Waals surface area contributed by atoms with Gasteiger partial charge < -0.3 is 5.11 Å². The van der Waals surface area contributed by atoms with Crippen molar-refractivity contribution >= 4 is 17.6 Å². The van der Waals surface area contributed by atoms with Crippen molar-refractivity contribution in [3.8, 4) is 11.1 Å². The predicted molar refractivity (Wildman–Crippen MR) is 68.8 cm³/mol. The van der Waals surface area contributed by atoms with E-state index >= 15 is 0 Å². The Morgan fingerprint density at radius 2 is 1.55 bits per heavy atom. The Morgan fingerprint density at radius 3 is 2.00 bits per heavy atom. The lowest BCUT2D eigenvalue weighted by Crippen LogP contribution is -2.04. The van der Waals surface area contributed by atoms with E-state index in [4.69, 9.17) is 16.7 Å². The SMILES string of the molecule is O=C(O)c1ccc(-c2ccc(C(F)(F)F)cc2)cc1Cl. The molecule has 6 heteroatoms. The van der Waals surface area contributed by atoms with Crippen LogP contribution in [-0.2, 0) is 6.18 Å². The lowest BCUT2D eigenvalue weighted by molar-refractivity contribution is -0.137. The normalized spacial score (nSPS) is 11.4. The molecule has 1 N–H and O–H groups in total. The summed E-state index contributed by atoms with van der Waals surface area (Å²) in [5.41, 5.74) is 0.280. The molecule has 104 valence electrons. The van der Waals surface area contributed by atoms with Gasteiger partial charge in [0.15, 0.2) is 0 Å². The van der Waals surface area contributed by atoms with Crippen LogP contribution >= 0.6 is 11.6 Å². The number of alkyl halides is 3. The van der Waals surface area contributed by atoms with E-state index in [1.165, 1.54) is 30.3 Å². The second kappa shape index (κ2) is 5.17. The van der Waals surface area contributed by atoms with E-state index in [1.807, 2.05) is 0 Å². The van der Waals surface area contributed by atoms with Gasteiger partial charge in [-0.2, -0.15) is 13.2 Å². The molecule has 0 aliphatic rings. The van der Waals surface area contributed by atoms with E-state index in [9.17, 15) is 18.0 Å². The second-order valence-electron chi connectivity index (χ2n) is 4.07. The zero-order valence-electron chi connectivity index (χ0n) is 9.91. The fraction of sp³-hybridized carbons (Fsp3) is 0.0714. The van der Waals surface area contributed by atoms with Gasteiger partial charge in [0.25, 0.3) is 0 Å². The summed E-state index contributed by atoms with van der Waals surface area (Å²) in [4.78, 5) is 10.8. The molecule has 0 fully saturated rings. The molecule has 0 aromatic heterocycles. The molecule has 0 saturated carbocycles. The second-order valence-corrected chi connectivity index (χ2v) is 4.48. The average Bonchev–Trinajstić information content (AvgIpc) is 2.37. The third-order valence-electron chi connectivity index (χ3n) is 2.75. The van der Waals surface area contributed by atoms with Gasteiger partial charge >= 0.3 is 12.1 Å². The van der Waals surface area contributed by atoms with Crippen molar-refractivity contribution in [2.24, 2.45) is 0 Å². The van der Waals surface area contributed by atoms with E-state index in [0.717, 1.165) is 12.1 Å². The molecule has 0 aliphatic carbocycles. The maximum atomic E-state index is 12.4. The highest BCUT2D eigenvalue weighted by atomic mass is 35.5. The number of carbonyl (C=O) groups is 1. The number of hydrogen-bond acceptors (Lipinski definition) is 1. The fourth-order valence-electron chi connectivity index (χ4n) is 1.72. The van der Waals surface area contributed by atoms with Gasteiger partial charge in [0.1, 0.15) is 0 Å². The van der Waals surface area contributed by atoms with Crippen molar-refractivity contribution in [2.75, 3.05) is 0 Å². The number of hydrogen-bond donors (Lipinski definition) is 1. The molecular weight excluding hydrogens is 293 g/mol. The summed E-state index contributed by atoms with van der Waals surface area (Å²) in [7, 11) is 0. The van der Waals surface area contributed by atoms with Crippen molar-refractivity contribution in [3.63, 3.8) is 0 Å². The Balaban J connectivity index is 2.37. The third-order valence-corrected chi connectivity index (χ3v) is 3.06. The Hall–Kier alpha value is -2.01. The molecule has 0 atom stereocenters. The van der Waals surface area contributed by atoms with Crippen molar-refractivity contribution in [1.29, 1.82) is 0 Å². The number of rotatable bonds is 2. The molecule has 0 bridgehead atoms. The van der Waals surface area contributed by atoms with Crippen LogP contribution < -0.4 is 0 Å². The molecule has 0 unspecified atom stereocenters. The van der Waals surface area contributed by atoms with Gasteiger partial charge in [-0.1, -0.05) is 29.8 Å². The molecule has 0 amide bonds. The van der Waals surface area contributed by atoms with Gasteiger partial charge in [-0.05, 0) is 35.4 Å². The molecular formula is C14H8ClF3O2. The van der Waals surface area contributed by atoms with Crippen LogP contribution in [0, 0.1) is 0 Å². The summed E-state index contributed by atoms with van der Waals surface area (Å²) in [5.74, 6) is -1.16. The molecule has 0 aliphatic heterocycles. The van der Waals surface area contributed by atoms with Crippen LogP contribution in [0.3, 0.4) is 0 Å². The fourth-order valence-corrected chi connectivity index (χ4v) is 1.98. The Labute approximate surface area is 117 Å². The van der Waals surface area contributed by atoms with Gasteiger partial charge in [-0.15, -0.1) is 0 Å².